The van der Waals surface area contributed by atoms with Crippen molar-refractivity contribution in [3.63, 3.8) is 0 Å². The normalized spacial score (nSPS) is 10.3. The Morgan fingerprint density at radius 1 is 1.39 bits per heavy atom. The first kappa shape index (κ1) is 12.8. The van der Waals surface area contributed by atoms with E-state index in [-0.39, 0.29) is 5.97 Å². The summed E-state index contributed by atoms with van der Waals surface area (Å²) in [4.78, 5) is 11.8. The number of esters is 1. The summed E-state index contributed by atoms with van der Waals surface area (Å²) < 4.78 is 6.74. The van der Waals surface area contributed by atoms with Crippen molar-refractivity contribution in [1.29, 1.82) is 0 Å². The number of nitrogens with zero attached hydrogens (tertiary/aromatic N) is 2. The molecule has 0 aliphatic carbocycles. The van der Waals surface area contributed by atoms with Crippen molar-refractivity contribution < 1.29 is 9.53 Å². The maximum absolute atomic E-state index is 11.8. The predicted octanol–water partition coefficient (Wildman–Crippen LogP) is 2.94. The SMILES string of the molecule is CCOC(=O)c1cnn(-c2ccccc2)c1CBr. The molecule has 0 aliphatic rings. The highest BCUT2D eigenvalue weighted by Gasteiger charge is 2.18. The number of alkyl halides is 1. The van der Waals surface area contributed by atoms with E-state index in [2.05, 4.69) is 21.0 Å². The number of carbonyl (C=O) groups is 1. The fourth-order valence-electron chi connectivity index (χ4n) is 1.67. The molecule has 0 aliphatic heterocycles. The lowest BCUT2D eigenvalue weighted by atomic mass is 10.2. The molecule has 0 radical (unpaired) electrons. The zero-order valence-electron chi connectivity index (χ0n) is 9.97. The standard InChI is InChI=1S/C13H13BrN2O2/c1-2-18-13(17)11-9-15-16(12(11)8-14)10-6-4-3-5-7-10/h3-7,9H,2,8H2,1H3. The molecule has 2 rings (SSSR count). The Labute approximate surface area is 114 Å². The number of rotatable bonds is 4. The summed E-state index contributed by atoms with van der Waals surface area (Å²) in [6.45, 7) is 2.14. The molecule has 94 valence electrons. The molecule has 0 spiro atoms. The van der Waals surface area contributed by atoms with Gasteiger partial charge in [0.05, 0.1) is 24.2 Å². The van der Waals surface area contributed by atoms with E-state index in [0.29, 0.717) is 17.5 Å². The summed E-state index contributed by atoms with van der Waals surface area (Å²) in [6, 6.07) is 9.67. The second-order valence-electron chi connectivity index (χ2n) is 3.61. The Morgan fingerprint density at radius 3 is 2.72 bits per heavy atom. The van der Waals surface area contributed by atoms with Crippen LogP contribution in [0.25, 0.3) is 5.69 Å². The molecule has 4 nitrogen and oxygen atoms in total. The molecule has 1 aromatic heterocycles. The van der Waals surface area contributed by atoms with Gasteiger partial charge in [-0.05, 0) is 19.1 Å². The van der Waals surface area contributed by atoms with Crippen LogP contribution in [-0.2, 0) is 10.1 Å². The van der Waals surface area contributed by atoms with E-state index in [4.69, 9.17) is 4.74 Å². The van der Waals surface area contributed by atoms with E-state index in [1.165, 1.54) is 0 Å². The smallest absolute Gasteiger partial charge is 0.341 e. The molecular weight excluding hydrogens is 296 g/mol. The van der Waals surface area contributed by atoms with Crippen molar-refractivity contribution in [2.45, 2.75) is 12.3 Å². The van der Waals surface area contributed by atoms with E-state index < -0.39 is 0 Å². The van der Waals surface area contributed by atoms with Gasteiger partial charge in [0, 0.05) is 5.33 Å². The highest BCUT2D eigenvalue weighted by molar-refractivity contribution is 9.08. The average molecular weight is 309 g/mol. The van der Waals surface area contributed by atoms with Gasteiger partial charge in [0.1, 0.15) is 5.56 Å². The minimum absolute atomic E-state index is 0.339. The average Bonchev–Trinajstić information content (AvgIpc) is 2.83. The lowest BCUT2D eigenvalue weighted by molar-refractivity contribution is 0.0525. The van der Waals surface area contributed by atoms with Crippen LogP contribution in [0.15, 0.2) is 36.5 Å². The molecule has 2 aromatic rings. The molecule has 0 amide bonds. The van der Waals surface area contributed by atoms with Crippen LogP contribution in [0.1, 0.15) is 23.0 Å². The summed E-state index contributed by atoms with van der Waals surface area (Å²) >= 11 is 3.39. The quantitative estimate of drug-likeness (QED) is 0.644. The van der Waals surface area contributed by atoms with Gasteiger partial charge in [0.2, 0.25) is 0 Å². The molecule has 0 saturated carbocycles. The van der Waals surface area contributed by atoms with Crippen LogP contribution in [0, 0.1) is 0 Å². The van der Waals surface area contributed by atoms with Crippen LogP contribution in [0.3, 0.4) is 0 Å². The number of benzene rings is 1. The summed E-state index contributed by atoms with van der Waals surface area (Å²) in [5, 5.41) is 4.78. The molecule has 1 heterocycles. The van der Waals surface area contributed by atoms with Gasteiger partial charge in [-0.1, -0.05) is 34.1 Å². The zero-order valence-corrected chi connectivity index (χ0v) is 11.6. The fourth-order valence-corrected chi connectivity index (χ4v) is 2.21. The second kappa shape index (κ2) is 5.82. The van der Waals surface area contributed by atoms with Gasteiger partial charge in [-0.2, -0.15) is 5.10 Å². The second-order valence-corrected chi connectivity index (χ2v) is 4.17. The molecule has 0 bridgehead atoms. The lowest BCUT2D eigenvalue weighted by Gasteiger charge is -2.06. The third-order valence-corrected chi connectivity index (χ3v) is 3.02. The van der Waals surface area contributed by atoms with Crippen LogP contribution < -0.4 is 0 Å². The van der Waals surface area contributed by atoms with Crippen LogP contribution >= 0.6 is 15.9 Å². The fraction of sp³-hybridized carbons (Fsp3) is 0.231. The summed E-state index contributed by atoms with van der Waals surface area (Å²) in [5.41, 5.74) is 2.21. The van der Waals surface area contributed by atoms with Crippen LogP contribution in [0.4, 0.5) is 0 Å². The van der Waals surface area contributed by atoms with Crippen molar-refractivity contribution in [3.8, 4) is 5.69 Å². The number of aromatic nitrogens is 2. The van der Waals surface area contributed by atoms with Gasteiger partial charge in [-0.25, -0.2) is 9.48 Å². The van der Waals surface area contributed by atoms with Crippen molar-refractivity contribution in [3.05, 3.63) is 47.8 Å². The zero-order chi connectivity index (χ0) is 13.0. The number of carbonyl (C=O) groups excluding carboxylic acids is 1. The van der Waals surface area contributed by atoms with E-state index in [9.17, 15) is 4.79 Å². The number of hydrogen-bond donors (Lipinski definition) is 0. The monoisotopic (exact) mass is 308 g/mol. The minimum Gasteiger partial charge on any atom is -0.462 e. The van der Waals surface area contributed by atoms with Crippen molar-refractivity contribution >= 4 is 21.9 Å². The topological polar surface area (TPSA) is 44.1 Å². The minimum atomic E-state index is -0.339. The number of halogens is 1. The first-order valence-corrected chi connectivity index (χ1v) is 6.75. The Balaban J connectivity index is 2.42. The Morgan fingerprint density at radius 2 is 2.11 bits per heavy atom. The maximum atomic E-state index is 11.8. The number of ether oxygens (including phenoxy) is 1. The largest absolute Gasteiger partial charge is 0.462 e. The van der Waals surface area contributed by atoms with E-state index in [0.717, 1.165) is 11.4 Å². The van der Waals surface area contributed by atoms with Crippen molar-refractivity contribution in [1.82, 2.24) is 9.78 Å². The number of hydrogen-bond acceptors (Lipinski definition) is 3. The van der Waals surface area contributed by atoms with Gasteiger partial charge >= 0.3 is 5.97 Å². The highest BCUT2D eigenvalue weighted by atomic mass is 79.9. The maximum Gasteiger partial charge on any atom is 0.341 e. The van der Waals surface area contributed by atoms with Crippen LogP contribution in [-0.4, -0.2) is 22.4 Å². The highest BCUT2D eigenvalue weighted by Crippen LogP contribution is 2.18. The molecule has 0 N–H and O–H groups in total. The lowest BCUT2D eigenvalue weighted by Crippen LogP contribution is -2.08. The van der Waals surface area contributed by atoms with Gasteiger partial charge in [0.15, 0.2) is 0 Å². The van der Waals surface area contributed by atoms with E-state index in [1.807, 2.05) is 30.3 Å². The van der Waals surface area contributed by atoms with Crippen LogP contribution in [0.2, 0.25) is 0 Å². The third kappa shape index (κ3) is 2.46. The first-order chi connectivity index (χ1) is 8.77. The molecule has 1 aromatic carbocycles. The molecule has 0 fully saturated rings. The van der Waals surface area contributed by atoms with Crippen molar-refractivity contribution in [2.24, 2.45) is 0 Å². The summed E-state index contributed by atoms with van der Waals surface area (Å²) in [7, 11) is 0. The molecule has 0 saturated heterocycles. The molecular formula is C13H13BrN2O2. The van der Waals surface area contributed by atoms with Gasteiger partial charge in [-0.15, -0.1) is 0 Å². The Kier molecular flexibility index (Phi) is 4.15. The summed E-state index contributed by atoms with van der Waals surface area (Å²) in [6.07, 6.45) is 1.54. The van der Waals surface area contributed by atoms with Gasteiger partial charge < -0.3 is 4.74 Å². The van der Waals surface area contributed by atoms with Crippen LogP contribution in [0.5, 0.6) is 0 Å². The number of para-hydroxylation sites is 1. The van der Waals surface area contributed by atoms with Gasteiger partial charge in [-0.3, -0.25) is 0 Å². The van der Waals surface area contributed by atoms with E-state index in [1.54, 1.807) is 17.8 Å². The molecule has 0 atom stereocenters. The molecule has 0 unspecified atom stereocenters. The van der Waals surface area contributed by atoms with Gasteiger partial charge in [0.25, 0.3) is 0 Å². The van der Waals surface area contributed by atoms with Crippen molar-refractivity contribution in [2.75, 3.05) is 6.61 Å². The van der Waals surface area contributed by atoms with E-state index >= 15 is 0 Å². The first-order valence-electron chi connectivity index (χ1n) is 5.63. The Hall–Kier alpha value is -1.62. The molecule has 5 heteroatoms. The third-order valence-electron chi connectivity index (χ3n) is 2.49. The predicted molar refractivity (Wildman–Crippen MR) is 72.2 cm³/mol. The Bertz CT molecular complexity index is 537. The molecule has 18 heavy (non-hydrogen) atoms. The summed E-state index contributed by atoms with van der Waals surface area (Å²) in [5.74, 6) is -0.339.